The molecule has 3 aromatic heterocycles. The Bertz CT molecular complexity index is 1460. The molecular formula is C26H30N4O6Si. The van der Waals surface area contributed by atoms with Crippen LogP contribution in [0.15, 0.2) is 53.2 Å². The van der Waals surface area contributed by atoms with Gasteiger partial charge in [0.1, 0.15) is 23.8 Å². The number of benzene rings is 1. The second-order valence-electron chi connectivity index (χ2n) is 10.4. The molecule has 0 bridgehead atoms. The molecule has 10 nitrogen and oxygen atoms in total. The van der Waals surface area contributed by atoms with Crippen molar-refractivity contribution in [2.24, 2.45) is 0 Å². The number of urea groups is 1. The monoisotopic (exact) mass is 522 g/mol. The van der Waals surface area contributed by atoms with Crippen molar-refractivity contribution >= 4 is 41.9 Å². The van der Waals surface area contributed by atoms with E-state index in [1.165, 1.54) is 4.57 Å². The number of hydrogen-bond acceptors (Lipinski definition) is 7. The Morgan fingerprint density at radius 1 is 1.19 bits per heavy atom. The lowest BCUT2D eigenvalue weighted by molar-refractivity contribution is -0.136. The lowest BCUT2D eigenvalue weighted by Crippen LogP contribution is -2.47. The van der Waals surface area contributed by atoms with E-state index in [1.807, 2.05) is 6.07 Å². The fraction of sp³-hybridized carbons (Fsp3) is 0.346. The number of aromatic nitrogens is 2. The van der Waals surface area contributed by atoms with Crippen LogP contribution >= 0.6 is 0 Å². The Morgan fingerprint density at radius 3 is 2.73 bits per heavy atom. The molecule has 1 aliphatic rings. The van der Waals surface area contributed by atoms with Crippen molar-refractivity contribution in [3.8, 4) is 11.6 Å². The number of nitrogens with zero attached hydrogens (tertiary/aromatic N) is 3. The lowest BCUT2D eigenvalue weighted by Gasteiger charge is -2.25. The van der Waals surface area contributed by atoms with Crippen molar-refractivity contribution in [3.63, 3.8) is 0 Å². The summed E-state index contributed by atoms with van der Waals surface area (Å²) in [4.78, 5) is 32.4. The molecular weight excluding hydrogens is 492 g/mol. The van der Waals surface area contributed by atoms with Gasteiger partial charge >= 0.3 is 6.03 Å². The molecule has 0 aliphatic carbocycles. The molecule has 194 valence electrons. The van der Waals surface area contributed by atoms with Gasteiger partial charge in [-0.2, -0.15) is 0 Å². The molecule has 0 radical (unpaired) electrons. The summed E-state index contributed by atoms with van der Waals surface area (Å²) in [5.74, 6) is 0.220. The van der Waals surface area contributed by atoms with Crippen molar-refractivity contribution in [1.29, 1.82) is 0 Å². The van der Waals surface area contributed by atoms with Gasteiger partial charge in [-0.25, -0.2) is 9.69 Å². The average Bonchev–Trinajstić information content (AvgIpc) is 3.50. The minimum atomic E-state index is -1.61. The molecule has 11 heteroatoms. The standard InChI is InChI=1S/C26H30N4O6Si/c1-34-18-8-7-17-14-29(23(31)19(17)12-18)15-26(22-13-20-21(36-22)6-5-9-27-20)24(32)30(25(33)28-26)16-35-10-11-37(2,3)4/h5-9,12-14,31H,10-11,15-16H2,1-4H3,(H,28,33)/t26-/m0/s1. The fourth-order valence-corrected chi connectivity index (χ4v) is 5.19. The number of hydrogen-bond donors (Lipinski definition) is 2. The third-order valence-corrected chi connectivity index (χ3v) is 8.28. The van der Waals surface area contributed by atoms with Gasteiger partial charge in [-0.15, -0.1) is 0 Å². The summed E-state index contributed by atoms with van der Waals surface area (Å²) in [7, 11) is 0.209. The SMILES string of the molecule is COc1ccc2cn(C[C@@]3(c4cc5ncccc5o4)NC(=O)N(COCC[Si](C)(C)C)C3=O)c(O)c2c1. The largest absolute Gasteiger partial charge is 0.497 e. The predicted molar refractivity (Wildman–Crippen MR) is 140 cm³/mol. The lowest BCUT2D eigenvalue weighted by atomic mass is 9.95. The van der Waals surface area contributed by atoms with Crippen molar-refractivity contribution in [1.82, 2.24) is 19.8 Å². The number of nitrogens with one attached hydrogen (secondary N) is 1. The van der Waals surface area contributed by atoms with Crippen LogP contribution in [0.1, 0.15) is 5.76 Å². The molecule has 37 heavy (non-hydrogen) atoms. The van der Waals surface area contributed by atoms with Crippen LogP contribution in [0.25, 0.3) is 21.9 Å². The second kappa shape index (κ2) is 9.24. The quantitative estimate of drug-likeness (QED) is 0.192. The predicted octanol–water partition coefficient (Wildman–Crippen LogP) is 4.26. The molecule has 1 atom stereocenters. The van der Waals surface area contributed by atoms with Crippen molar-refractivity contribution in [3.05, 3.63) is 54.6 Å². The zero-order valence-electron chi connectivity index (χ0n) is 21.3. The minimum Gasteiger partial charge on any atom is -0.497 e. The van der Waals surface area contributed by atoms with Crippen LogP contribution in [0, 0.1) is 0 Å². The van der Waals surface area contributed by atoms with Crippen molar-refractivity contribution in [2.75, 3.05) is 20.4 Å². The van der Waals surface area contributed by atoms with Gasteiger partial charge in [0.05, 0.1) is 13.7 Å². The molecule has 4 aromatic rings. The third kappa shape index (κ3) is 4.55. The third-order valence-electron chi connectivity index (χ3n) is 6.58. The molecule has 1 aromatic carbocycles. The Hall–Kier alpha value is -3.83. The Labute approximate surface area is 214 Å². The zero-order chi connectivity index (χ0) is 26.4. The number of rotatable bonds is 9. The van der Waals surface area contributed by atoms with Crippen LogP contribution in [0.3, 0.4) is 0 Å². The number of ether oxygens (including phenoxy) is 2. The smallest absolute Gasteiger partial charge is 0.327 e. The van der Waals surface area contributed by atoms with Crippen LogP contribution in [0.4, 0.5) is 4.79 Å². The van der Waals surface area contributed by atoms with E-state index in [9.17, 15) is 14.7 Å². The van der Waals surface area contributed by atoms with E-state index >= 15 is 0 Å². The number of fused-ring (bicyclic) bond motifs is 2. The van der Waals surface area contributed by atoms with E-state index < -0.39 is 25.6 Å². The number of methoxy groups -OCH3 is 1. The van der Waals surface area contributed by atoms with Gasteiger partial charge in [0.25, 0.3) is 5.91 Å². The van der Waals surface area contributed by atoms with Crippen LogP contribution < -0.4 is 10.1 Å². The Balaban J connectivity index is 1.52. The Morgan fingerprint density at radius 2 is 2.00 bits per heavy atom. The van der Waals surface area contributed by atoms with Crippen LogP contribution in [-0.2, 0) is 21.6 Å². The molecule has 3 amide bonds. The van der Waals surface area contributed by atoms with E-state index in [2.05, 4.69) is 29.9 Å². The number of furan rings is 1. The van der Waals surface area contributed by atoms with E-state index in [4.69, 9.17) is 13.9 Å². The maximum Gasteiger partial charge on any atom is 0.327 e. The summed E-state index contributed by atoms with van der Waals surface area (Å²) in [6.45, 7) is 6.87. The molecule has 0 unspecified atom stereocenters. The van der Waals surface area contributed by atoms with Gasteiger partial charge in [-0.05, 0) is 36.4 Å². The topological polar surface area (TPSA) is 119 Å². The highest BCUT2D eigenvalue weighted by Gasteiger charge is 2.55. The molecule has 4 heterocycles. The van der Waals surface area contributed by atoms with Crippen LogP contribution in [0.2, 0.25) is 25.7 Å². The van der Waals surface area contributed by atoms with E-state index in [0.717, 1.165) is 16.3 Å². The van der Waals surface area contributed by atoms with Gasteiger partial charge in [-0.3, -0.25) is 9.78 Å². The first-order chi connectivity index (χ1) is 17.6. The zero-order valence-corrected chi connectivity index (χ0v) is 22.3. The van der Waals surface area contributed by atoms with Gasteiger partial charge in [0.2, 0.25) is 0 Å². The normalized spacial score (nSPS) is 18.2. The maximum atomic E-state index is 13.9. The Kier molecular flexibility index (Phi) is 6.20. The summed E-state index contributed by atoms with van der Waals surface area (Å²) in [5.41, 5.74) is -0.581. The van der Waals surface area contributed by atoms with Gasteiger partial charge in [0, 0.05) is 43.9 Å². The number of carbonyl (C=O) groups excluding carboxylic acids is 2. The highest BCUT2D eigenvalue weighted by molar-refractivity contribution is 6.76. The van der Waals surface area contributed by atoms with Gasteiger partial charge < -0.3 is 28.9 Å². The van der Waals surface area contributed by atoms with E-state index in [0.29, 0.717) is 28.8 Å². The van der Waals surface area contributed by atoms with Gasteiger partial charge in [-0.1, -0.05) is 19.6 Å². The van der Waals surface area contributed by atoms with E-state index in [-0.39, 0.29) is 24.9 Å². The van der Waals surface area contributed by atoms with Crippen LogP contribution in [-0.4, -0.2) is 60.0 Å². The first kappa shape index (κ1) is 24.8. The number of aromatic hydroxyl groups is 1. The van der Waals surface area contributed by atoms with Gasteiger partial charge in [0.15, 0.2) is 17.0 Å². The summed E-state index contributed by atoms with van der Waals surface area (Å²) in [5, 5.41) is 15.2. The summed E-state index contributed by atoms with van der Waals surface area (Å²) >= 11 is 0. The molecule has 0 spiro atoms. The fourth-order valence-electron chi connectivity index (χ4n) is 4.44. The molecule has 5 rings (SSSR count). The number of amides is 3. The molecule has 2 N–H and O–H groups in total. The molecule has 1 aliphatic heterocycles. The maximum absolute atomic E-state index is 13.9. The second-order valence-corrected chi connectivity index (χ2v) is 16.1. The molecule has 0 saturated carbocycles. The van der Waals surface area contributed by atoms with E-state index in [1.54, 1.807) is 49.8 Å². The number of pyridine rings is 1. The molecule has 1 fully saturated rings. The highest BCUT2D eigenvalue weighted by atomic mass is 28.3. The first-order valence-corrected chi connectivity index (χ1v) is 15.7. The van der Waals surface area contributed by atoms with Crippen LogP contribution in [0.5, 0.6) is 11.6 Å². The summed E-state index contributed by atoms with van der Waals surface area (Å²) in [6, 6.07) is 10.7. The summed E-state index contributed by atoms with van der Waals surface area (Å²) < 4.78 is 18.6. The van der Waals surface area contributed by atoms with Crippen molar-refractivity contribution in [2.45, 2.75) is 37.8 Å². The number of imide groups is 1. The number of carbonyl (C=O) groups is 2. The first-order valence-electron chi connectivity index (χ1n) is 12.0. The highest BCUT2D eigenvalue weighted by Crippen LogP contribution is 2.38. The average molecular weight is 523 g/mol. The van der Waals surface area contributed by atoms with Crippen molar-refractivity contribution < 1.29 is 28.6 Å². The molecule has 1 saturated heterocycles. The minimum absolute atomic E-state index is 0.0607. The summed E-state index contributed by atoms with van der Waals surface area (Å²) in [6.07, 6.45) is 3.35.